The Morgan fingerprint density at radius 1 is 0.966 bits per heavy atom. The number of rotatable bonds is 12. The van der Waals surface area contributed by atoms with Gasteiger partial charge in [-0.1, -0.05) is 44.2 Å². The van der Waals surface area contributed by atoms with Crippen LogP contribution in [0.2, 0.25) is 0 Å². The maximum Gasteiger partial charge on any atom is 0.326 e. The molecular formula is C20H29N3O6. The number of carboxylic acid groups (broad SMARTS) is 2. The van der Waals surface area contributed by atoms with Crippen LogP contribution in [0, 0.1) is 5.92 Å². The summed E-state index contributed by atoms with van der Waals surface area (Å²) in [6, 6.07) is 5.48. The average Bonchev–Trinajstić information content (AvgIpc) is 2.64. The number of carbonyl (C=O) groups excluding carboxylic acids is 2. The Bertz CT molecular complexity index is 707. The minimum atomic E-state index is -1.23. The summed E-state index contributed by atoms with van der Waals surface area (Å²) in [7, 11) is 0. The van der Waals surface area contributed by atoms with Gasteiger partial charge < -0.3 is 26.6 Å². The number of nitrogens with one attached hydrogen (secondary N) is 2. The predicted octanol–water partition coefficient (Wildman–Crippen LogP) is 0.522. The van der Waals surface area contributed by atoms with E-state index in [4.69, 9.17) is 10.8 Å². The Morgan fingerprint density at radius 3 is 2.07 bits per heavy atom. The number of benzene rings is 1. The highest BCUT2D eigenvalue weighted by atomic mass is 16.4. The van der Waals surface area contributed by atoms with E-state index in [1.165, 1.54) is 0 Å². The second kappa shape index (κ2) is 11.8. The van der Waals surface area contributed by atoms with E-state index in [-0.39, 0.29) is 25.2 Å². The van der Waals surface area contributed by atoms with Gasteiger partial charge in [-0.25, -0.2) is 4.79 Å². The van der Waals surface area contributed by atoms with Gasteiger partial charge in [-0.3, -0.25) is 14.4 Å². The van der Waals surface area contributed by atoms with Crippen LogP contribution in [0.5, 0.6) is 0 Å². The molecule has 0 aliphatic rings. The summed E-state index contributed by atoms with van der Waals surface area (Å²) in [4.78, 5) is 47.4. The van der Waals surface area contributed by atoms with Gasteiger partial charge in [-0.05, 0) is 24.3 Å². The lowest BCUT2D eigenvalue weighted by Crippen LogP contribution is -2.55. The number of aliphatic carboxylic acids is 2. The monoisotopic (exact) mass is 407 g/mol. The molecular weight excluding hydrogens is 378 g/mol. The van der Waals surface area contributed by atoms with Crippen molar-refractivity contribution in [1.82, 2.24) is 10.6 Å². The zero-order valence-corrected chi connectivity index (χ0v) is 16.6. The second-order valence-corrected chi connectivity index (χ2v) is 7.32. The number of amides is 2. The van der Waals surface area contributed by atoms with Gasteiger partial charge in [0.05, 0.1) is 6.04 Å². The lowest BCUT2D eigenvalue weighted by atomic mass is 10.0. The first-order valence-corrected chi connectivity index (χ1v) is 9.45. The van der Waals surface area contributed by atoms with Gasteiger partial charge in [0.25, 0.3) is 0 Å². The lowest BCUT2D eigenvalue weighted by Gasteiger charge is -2.23. The standard InChI is InChI=1S/C20H29N3O6/c1-12(2)10-14(21)18(26)22-15(8-9-17(24)25)19(27)23-16(20(28)29)11-13-6-4-3-5-7-13/h3-7,12,14-16H,8-11,21H2,1-2H3,(H,22,26)(H,23,27)(H,24,25)(H,28,29). The molecule has 1 aromatic carbocycles. The third-order valence-electron chi connectivity index (χ3n) is 4.24. The second-order valence-electron chi connectivity index (χ2n) is 7.32. The zero-order chi connectivity index (χ0) is 22.0. The van der Waals surface area contributed by atoms with E-state index in [9.17, 15) is 24.3 Å². The van der Waals surface area contributed by atoms with Crippen molar-refractivity contribution in [3.63, 3.8) is 0 Å². The van der Waals surface area contributed by atoms with E-state index >= 15 is 0 Å². The van der Waals surface area contributed by atoms with Crippen molar-refractivity contribution >= 4 is 23.8 Å². The van der Waals surface area contributed by atoms with E-state index in [0.29, 0.717) is 12.0 Å². The highest BCUT2D eigenvalue weighted by molar-refractivity contribution is 5.92. The Kier molecular flexibility index (Phi) is 9.81. The first-order valence-electron chi connectivity index (χ1n) is 9.45. The highest BCUT2D eigenvalue weighted by Crippen LogP contribution is 2.07. The van der Waals surface area contributed by atoms with Crippen LogP contribution in [0.3, 0.4) is 0 Å². The molecule has 0 saturated heterocycles. The largest absolute Gasteiger partial charge is 0.481 e. The molecule has 160 valence electrons. The van der Waals surface area contributed by atoms with Crippen molar-refractivity contribution in [1.29, 1.82) is 0 Å². The van der Waals surface area contributed by atoms with E-state index in [0.717, 1.165) is 0 Å². The maximum atomic E-state index is 12.6. The Balaban J connectivity index is 2.86. The summed E-state index contributed by atoms with van der Waals surface area (Å²) >= 11 is 0. The van der Waals surface area contributed by atoms with Gasteiger partial charge in [-0.2, -0.15) is 0 Å². The summed E-state index contributed by atoms with van der Waals surface area (Å²) < 4.78 is 0. The molecule has 9 heteroatoms. The third kappa shape index (κ3) is 9.20. The average molecular weight is 407 g/mol. The summed E-state index contributed by atoms with van der Waals surface area (Å²) in [5, 5.41) is 23.2. The van der Waals surface area contributed by atoms with E-state index in [1.807, 2.05) is 13.8 Å². The van der Waals surface area contributed by atoms with Crippen molar-refractivity contribution in [2.24, 2.45) is 11.7 Å². The molecule has 0 bridgehead atoms. The molecule has 0 fully saturated rings. The summed E-state index contributed by atoms with van der Waals surface area (Å²) in [5.74, 6) is -3.56. The Morgan fingerprint density at radius 2 is 1.55 bits per heavy atom. The van der Waals surface area contributed by atoms with Gasteiger partial charge in [0.15, 0.2) is 0 Å². The van der Waals surface area contributed by atoms with Crippen LogP contribution in [0.15, 0.2) is 30.3 Å². The van der Waals surface area contributed by atoms with Crippen molar-refractivity contribution in [3.8, 4) is 0 Å². The summed E-state index contributed by atoms with van der Waals surface area (Å²) in [5.41, 5.74) is 6.53. The molecule has 1 rings (SSSR count). The molecule has 0 heterocycles. The minimum Gasteiger partial charge on any atom is -0.481 e. The molecule has 0 spiro atoms. The number of hydrogen-bond acceptors (Lipinski definition) is 5. The lowest BCUT2D eigenvalue weighted by molar-refractivity contribution is -0.143. The molecule has 0 radical (unpaired) electrons. The molecule has 29 heavy (non-hydrogen) atoms. The number of nitrogens with two attached hydrogens (primary N) is 1. The molecule has 0 aliphatic heterocycles. The molecule has 1 aromatic rings. The third-order valence-corrected chi connectivity index (χ3v) is 4.24. The van der Waals surface area contributed by atoms with Crippen LogP contribution in [-0.4, -0.2) is 52.1 Å². The molecule has 3 unspecified atom stereocenters. The van der Waals surface area contributed by atoms with E-state index < -0.39 is 41.9 Å². The molecule has 0 aliphatic carbocycles. The minimum absolute atomic E-state index is 0.0500. The van der Waals surface area contributed by atoms with Crippen LogP contribution in [0.1, 0.15) is 38.7 Å². The number of carbonyl (C=O) groups is 4. The summed E-state index contributed by atoms with van der Waals surface area (Å²) in [6.45, 7) is 3.78. The van der Waals surface area contributed by atoms with E-state index in [2.05, 4.69) is 10.6 Å². The normalized spacial score (nSPS) is 13.9. The number of hydrogen-bond donors (Lipinski definition) is 5. The van der Waals surface area contributed by atoms with Gasteiger partial charge in [-0.15, -0.1) is 0 Å². The number of carboxylic acids is 2. The van der Waals surface area contributed by atoms with E-state index in [1.54, 1.807) is 30.3 Å². The highest BCUT2D eigenvalue weighted by Gasteiger charge is 2.28. The van der Waals surface area contributed by atoms with Crippen molar-refractivity contribution < 1.29 is 29.4 Å². The first-order chi connectivity index (χ1) is 13.6. The fourth-order valence-corrected chi connectivity index (χ4v) is 2.75. The fourth-order valence-electron chi connectivity index (χ4n) is 2.75. The molecule has 6 N–H and O–H groups in total. The van der Waals surface area contributed by atoms with Crippen LogP contribution >= 0.6 is 0 Å². The van der Waals surface area contributed by atoms with Crippen molar-refractivity contribution in [3.05, 3.63) is 35.9 Å². The van der Waals surface area contributed by atoms with Crippen molar-refractivity contribution in [2.75, 3.05) is 0 Å². The summed E-state index contributed by atoms with van der Waals surface area (Å²) in [6.07, 6.45) is -0.105. The zero-order valence-electron chi connectivity index (χ0n) is 16.6. The SMILES string of the molecule is CC(C)CC(N)C(=O)NC(CCC(=O)O)C(=O)NC(Cc1ccccc1)C(=O)O. The van der Waals surface area contributed by atoms with Gasteiger partial charge in [0, 0.05) is 12.8 Å². The Labute approximate surface area is 169 Å². The molecule has 0 aromatic heterocycles. The fraction of sp³-hybridized carbons (Fsp3) is 0.500. The maximum absolute atomic E-state index is 12.6. The van der Waals surface area contributed by atoms with Crippen LogP contribution in [0.25, 0.3) is 0 Å². The molecule has 2 amide bonds. The molecule has 3 atom stereocenters. The van der Waals surface area contributed by atoms with Crippen molar-refractivity contribution in [2.45, 2.75) is 57.7 Å². The van der Waals surface area contributed by atoms with Crippen LogP contribution in [0.4, 0.5) is 0 Å². The molecule has 9 nitrogen and oxygen atoms in total. The smallest absolute Gasteiger partial charge is 0.326 e. The van der Waals surface area contributed by atoms with Gasteiger partial charge in [0.1, 0.15) is 12.1 Å². The van der Waals surface area contributed by atoms with Crippen LogP contribution < -0.4 is 16.4 Å². The Hall–Kier alpha value is -2.94. The van der Waals surface area contributed by atoms with Crippen LogP contribution in [-0.2, 0) is 25.6 Å². The quantitative estimate of drug-likeness (QED) is 0.338. The molecule has 0 saturated carbocycles. The first kappa shape index (κ1) is 24.1. The van der Waals surface area contributed by atoms with Gasteiger partial charge in [0.2, 0.25) is 11.8 Å². The topological polar surface area (TPSA) is 159 Å². The predicted molar refractivity (Wildman–Crippen MR) is 106 cm³/mol. The van der Waals surface area contributed by atoms with Gasteiger partial charge >= 0.3 is 11.9 Å².